The molecule has 1 aliphatic rings. The molecule has 1 aromatic rings. The molecule has 0 saturated carbocycles. The van der Waals surface area contributed by atoms with E-state index in [0.29, 0.717) is 25.4 Å². The maximum Gasteiger partial charge on any atom is 0.319 e. The third-order valence-electron chi connectivity index (χ3n) is 3.26. The fourth-order valence-corrected chi connectivity index (χ4v) is 2.22. The first-order chi connectivity index (χ1) is 10.3. The van der Waals surface area contributed by atoms with E-state index >= 15 is 0 Å². The van der Waals surface area contributed by atoms with Crippen molar-refractivity contribution in [3.63, 3.8) is 0 Å². The maximum atomic E-state index is 11.7. The van der Waals surface area contributed by atoms with Crippen molar-refractivity contribution in [3.8, 4) is 0 Å². The summed E-state index contributed by atoms with van der Waals surface area (Å²) in [6.45, 7) is 5.48. The minimum atomic E-state index is -0.219. The van der Waals surface area contributed by atoms with E-state index in [0.717, 1.165) is 32.4 Å². The van der Waals surface area contributed by atoms with Crippen LogP contribution < -0.4 is 10.6 Å². The number of hydrogen-bond acceptors (Lipinski definition) is 4. The number of anilines is 1. The number of nitrogens with zero attached hydrogens (tertiary/aromatic N) is 2. The molecule has 7 heteroatoms. The van der Waals surface area contributed by atoms with Gasteiger partial charge in [-0.25, -0.2) is 4.79 Å². The molecule has 2 N–H and O–H groups in total. The number of nitrogens with one attached hydrogen (secondary N) is 2. The number of carbonyl (C=O) groups is 1. The van der Waals surface area contributed by atoms with Gasteiger partial charge in [0.25, 0.3) is 0 Å². The first kappa shape index (κ1) is 15.8. The van der Waals surface area contributed by atoms with Gasteiger partial charge in [-0.3, -0.25) is 4.68 Å². The molecule has 0 aromatic carbocycles. The largest absolute Gasteiger partial charge is 0.382 e. The first-order valence-corrected chi connectivity index (χ1v) is 7.54. The van der Waals surface area contributed by atoms with E-state index in [4.69, 9.17) is 9.47 Å². The number of ether oxygens (including phenoxy) is 2. The molecule has 2 rings (SSSR count). The molecule has 0 radical (unpaired) electrons. The molecule has 21 heavy (non-hydrogen) atoms. The smallest absolute Gasteiger partial charge is 0.319 e. The van der Waals surface area contributed by atoms with Crippen LogP contribution in [0.25, 0.3) is 0 Å². The van der Waals surface area contributed by atoms with Crippen LogP contribution in [-0.4, -0.2) is 48.3 Å². The Morgan fingerprint density at radius 2 is 2.52 bits per heavy atom. The first-order valence-electron chi connectivity index (χ1n) is 7.54. The summed E-state index contributed by atoms with van der Waals surface area (Å²) in [5.74, 6) is 0. The normalized spacial score (nSPS) is 17.9. The minimum absolute atomic E-state index is 0.219. The Kier molecular flexibility index (Phi) is 6.49. The number of rotatable bonds is 8. The quantitative estimate of drug-likeness (QED) is 0.715. The zero-order valence-corrected chi connectivity index (χ0v) is 12.5. The average Bonchev–Trinajstić information content (AvgIpc) is 3.11. The van der Waals surface area contributed by atoms with Crippen molar-refractivity contribution >= 4 is 11.7 Å². The van der Waals surface area contributed by atoms with Crippen molar-refractivity contribution in [3.05, 3.63) is 12.4 Å². The van der Waals surface area contributed by atoms with E-state index in [-0.39, 0.29) is 12.1 Å². The molecule has 2 amide bonds. The van der Waals surface area contributed by atoms with Crippen LogP contribution in [0.3, 0.4) is 0 Å². The molecular formula is C14H24N4O3. The second kappa shape index (κ2) is 8.63. The van der Waals surface area contributed by atoms with Gasteiger partial charge >= 0.3 is 6.03 Å². The molecule has 0 spiro atoms. The topological polar surface area (TPSA) is 77.4 Å². The van der Waals surface area contributed by atoms with Crippen LogP contribution in [0.1, 0.15) is 26.2 Å². The van der Waals surface area contributed by atoms with E-state index < -0.39 is 0 Å². The molecule has 1 atom stereocenters. The summed E-state index contributed by atoms with van der Waals surface area (Å²) < 4.78 is 12.6. The van der Waals surface area contributed by atoms with Crippen molar-refractivity contribution < 1.29 is 14.3 Å². The Bertz CT molecular complexity index is 430. The SMILES string of the molecule is CCOCCCNC(=O)Nc1cnn(CC2CCCO2)c1. The van der Waals surface area contributed by atoms with Crippen LogP contribution in [0.2, 0.25) is 0 Å². The monoisotopic (exact) mass is 296 g/mol. The van der Waals surface area contributed by atoms with Gasteiger partial charge in [0.15, 0.2) is 0 Å². The Morgan fingerprint density at radius 3 is 3.29 bits per heavy atom. The molecule has 2 heterocycles. The van der Waals surface area contributed by atoms with Crippen LogP contribution in [0.15, 0.2) is 12.4 Å². The van der Waals surface area contributed by atoms with Crippen molar-refractivity contribution in [2.45, 2.75) is 38.8 Å². The number of aromatic nitrogens is 2. The van der Waals surface area contributed by atoms with E-state index in [1.807, 2.05) is 13.1 Å². The molecule has 1 aliphatic heterocycles. The molecule has 1 aromatic heterocycles. The van der Waals surface area contributed by atoms with Gasteiger partial charge in [-0.1, -0.05) is 0 Å². The van der Waals surface area contributed by atoms with Crippen molar-refractivity contribution in [1.29, 1.82) is 0 Å². The third kappa shape index (κ3) is 5.73. The molecular weight excluding hydrogens is 272 g/mol. The summed E-state index contributed by atoms with van der Waals surface area (Å²) in [6, 6.07) is -0.219. The van der Waals surface area contributed by atoms with Crippen molar-refractivity contribution in [2.24, 2.45) is 0 Å². The lowest BCUT2D eigenvalue weighted by atomic mass is 10.2. The van der Waals surface area contributed by atoms with E-state index in [9.17, 15) is 4.79 Å². The Balaban J connectivity index is 1.65. The highest BCUT2D eigenvalue weighted by Gasteiger charge is 2.16. The predicted octanol–water partition coefficient (Wildman–Crippen LogP) is 1.61. The maximum absolute atomic E-state index is 11.7. The van der Waals surface area contributed by atoms with Gasteiger partial charge in [-0.2, -0.15) is 5.10 Å². The zero-order valence-electron chi connectivity index (χ0n) is 12.5. The van der Waals surface area contributed by atoms with Gasteiger partial charge in [-0.15, -0.1) is 0 Å². The lowest BCUT2D eigenvalue weighted by Crippen LogP contribution is -2.30. The molecule has 0 bridgehead atoms. The van der Waals surface area contributed by atoms with E-state index in [1.54, 1.807) is 10.9 Å². The van der Waals surface area contributed by atoms with Crippen molar-refractivity contribution in [1.82, 2.24) is 15.1 Å². The number of hydrogen-bond donors (Lipinski definition) is 2. The van der Waals surface area contributed by atoms with Crippen LogP contribution >= 0.6 is 0 Å². The van der Waals surface area contributed by atoms with Gasteiger partial charge < -0.3 is 20.1 Å². The lowest BCUT2D eigenvalue weighted by molar-refractivity contribution is 0.0940. The summed E-state index contributed by atoms with van der Waals surface area (Å²) in [6.07, 6.45) is 6.70. The predicted molar refractivity (Wildman–Crippen MR) is 79.3 cm³/mol. The zero-order chi connectivity index (χ0) is 14.9. The summed E-state index contributed by atoms with van der Waals surface area (Å²) in [5.41, 5.74) is 0.690. The summed E-state index contributed by atoms with van der Waals surface area (Å²) in [7, 11) is 0. The van der Waals surface area contributed by atoms with Gasteiger partial charge in [-0.05, 0) is 26.2 Å². The highest BCUT2D eigenvalue weighted by Crippen LogP contribution is 2.14. The van der Waals surface area contributed by atoms with Gasteiger partial charge in [0.05, 0.1) is 24.5 Å². The molecule has 0 aliphatic carbocycles. The second-order valence-electron chi connectivity index (χ2n) is 5.02. The molecule has 1 fully saturated rings. The fraction of sp³-hybridized carbons (Fsp3) is 0.714. The van der Waals surface area contributed by atoms with Crippen LogP contribution in [-0.2, 0) is 16.0 Å². The van der Waals surface area contributed by atoms with Crippen LogP contribution in [0.4, 0.5) is 10.5 Å². The number of urea groups is 1. The van der Waals surface area contributed by atoms with Gasteiger partial charge in [0, 0.05) is 32.6 Å². The molecule has 1 saturated heterocycles. The Hall–Kier alpha value is -1.60. The highest BCUT2D eigenvalue weighted by molar-refractivity contribution is 5.88. The van der Waals surface area contributed by atoms with Gasteiger partial charge in [0.1, 0.15) is 0 Å². The summed E-state index contributed by atoms with van der Waals surface area (Å²) in [5, 5.41) is 9.77. The highest BCUT2D eigenvalue weighted by atomic mass is 16.5. The number of carbonyl (C=O) groups excluding carboxylic acids is 1. The molecule has 7 nitrogen and oxygen atoms in total. The van der Waals surface area contributed by atoms with E-state index in [2.05, 4.69) is 15.7 Å². The fourth-order valence-electron chi connectivity index (χ4n) is 2.22. The van der Waals surface area contributed by atoms with Crippen molar-refractivity contribution in [2.75, 3.05) is 31.7 Å². The Morgan fingerprint density at radius 1 is 1.62 bits per heavy atom. The lowest BCUT2D eigenvalue weighted by Gasteiger charge is -2.08. The summed E-state index contributed by atoms with van der Waals surface area (Å²) >= 11 is 0. The molecule has 118 valence electrons. The average molecular weight is 296 g/mol. The van der Waals surface area contributed by atoms with E-state index in [1.165, 1.54) is 0 Å². The minimum Gasteiger partial charge on any atom is -0.382 e. The standard InChI is InChI=1S/C14H24N4O3/c1-2-20-7-4-6-15-14(19)17-12-9-16-18(10-12)11-13-5-3-8-21-13/h9-10,13H,2-8,11H2,1H3,(H2,15,17,19). The molecule has 1 unspecified atom stereocenters. The van der Waals surface area contributed by atoms with Crippen LogP contribution in [0, 0.1) is 0 Å². The van der Waals surface area contributed by atoms with Gasteiger partial charge in [0.2, 0.25) is 0 Å². The van der Waals surface area contributed by atoms with Crippen LogP contribution in [0.5, 0.6) is 0 Å². The second-order valence-corrected chi connectivity index (χ2v) is 5.02. The third-order valence-corrected chi connectivity index (χ3v) is 3.26. The number of amides is 2. The Labute approximate surface area is 125 Å². The summed E-state index contributed by atoms with van der Waals surface area (Å²) in [4.78, 5) is 11.7.